The van der Waals surface area contributed by atoms with Gasteiger partial charge in [-0.15, -0.1) is 0 Å². The Morgan fingerprint density at radius 2 is 1.93 bits per heavy atom. The van der Waals surface area contributed by atoms with E-state index in [2.05, 4.69) is 4.72 Å². The maximum atomic E-state index is 11.6. The monoisotopic (exact) mass is 219 g/mol. The Labute approximate surface area is 85.9 Å². The lowest BCUT2D eigenvalue weighted by Gasteiger charge is -2.23. The van der Waals surface area contributed by atoms with E-state index in [-0.39, 0.29) is 18.5 Å². The molecule has 0 aliphatic rings. The molecule has 1 atom stereocenters. The molecule has 0 aliphatic heterocycles. The lowest BCUT2D eigenvalue weighted by molar-refractivity contribution is 0.383. The van der Waals surface area contributed by atoms with Crippen LogP contribution >= 0.6 is 0 Å². The SMILES string of the molecule is CC(C)NS(=O)(=O)N(C)C(C)CC#N. The van der Waals surface area contributed by atoms with Crippen LogP contribution in [0.4, 0.5) is 0 Å². The average molecular weight is 219 g/mol. The second-order valence-electron chi connectivity index (χ2n) is 3.51. The Kier molecular flexibility index (Phi) is 5.05. The molecule has 5 nitrogen and oxygen atoms in total. The van der Waals surface area contributed by atoms with Crippen molar-refractivity contribution < 1.29 is 8.42 Å². The summed E-state index contributed by atoms with van der Waals surface area (Å²) < 4.78 is 26.7. The highest BCUT2D eigenvalue weighted by Gasteiger charge is 2.23. The van der Waals surface area contributed by atoms with Crippen molar-refractivity contribution in [2.75, 3.05) is 7.05 Å². The highest BCUT2D eigenvalue weighted by molar-refractivity contribution is 7.87. The summed E-state index contributed by atoms with van der Waals surface area (Å²) in [6.07, 6.45) is 0.190. The van der Waals surface area contributed by atoms with E-state index in [9.17, 15) is 8.42 Å². The van der Waals surface area contributed by atoms with Crippen LogP contribution < -0.4 is 4.72 Å². The second-order valence-corrected chi connectivity index (χ2v) is 5.27. The van der Waals surface area contributed by atoms with E-state index in [1.54, 1.807) is 20.8 Å². The number of nitrogens with zero attached hydrogens (tertiary/aromatic N) is 2. The van der Waals surface area contributed by atoms with Gasteiger partial charge in [0.1, 0.15) is 0 Å². The molecule has 6 heteroatoms. The van der Waals surface area contributed by atoms with E-state index < -0.39 is 10.2 Å². The Morgan fingerprint density at radius 1 is 1.43 bits per heavy atom. The molecule has 0 aliphatic carbocycles. The van der Waals surface area contributed by atoms with Crippen LogP contribution in [-0.2, 0) is 10.2 Å². The first-order chi connectivity index (χ1) is 6.31. The van der Waals surface area contributed by atoms with Gasteiger partial charge in [0.05, 0.1) is 12.5 Å². The van der Waals surface area contributed by atoms with Gasteiger partial charge in [0.25, 0.3) is 10.2 Å². The molecule has 0 saturated heterocycles. The number of nitriles is 1. The lowest BCUT2D eigenvalue weighted by atomic mass is 10.3. The molecule has 1 unspecified atom stereocenters. The quantitative estimate of drug-likeness (QED) is 0.730. The van der Waals surface area contributed by atoms with E-state index in [4.69, 9.17) is 5.26 Å². The third-order valence-corrected chi connectivity index (χ3v) is 3.66. The number of hydrogen-bond acceptors (Lipinski definition) is 3. The minimum Gasteiger partial charge on any atom is -0.200 e. The van der Waals surface area contributed by atoms with E-state index >= 15 is 0 Å². The molecule has 1 N–H and O–H groups in total. The Hall–Kier alpha value is -0.640. The summed E-state index contributed by atoms with van der Waals surface area (Å²) in [4.78, 5) is 0. The predicted molar refractivity (Wildman–Crippen MR) is 54.6 cm³/mol. The summed E-state index contributed by atoms with van der Waals surface area (Å²) in [5.41, 5.74) is 0. The largest absolute Gasteiger partial charge is 0.279 e. The summed E-state index contributed by atoms with van der Waals surface area (Å²) >= 11 is 0. The van der Waals surface area contributed by atoms with Crippen LogP contribution in [0.25, 0.3) is 0 Å². The van der Waals surface area contributed by atoms with Gasteiger partial charge in [-0.1, -0.05) is 0 Å². The maximum Gasteiger partial charge on any atom is 0.279 e. The van der Waals surface area contributed by atoms with Gasteiger partial charge < -0.3 is 0 Å². The topological polar surface area (TPSA) is 73.2 Å². The van der Waals surface area contributed by atoms with Crippen molar-refractivity contribution in [3.05, 3.63) is 0 Å². The van der Waals surface area contributed by atoms with E-state index in [0.717, 1.165) is 0 Å². The van der Waals surface area contributed by atoms with Crippen LogP contribution in [0, 0.1) is 11.3 Å². The van der Waals surface area contributed by atoms with Crippen molar-refractivity contribution >= 4 is 10.2 Å². The van der Waals surface area contributed by atoms with Crippen molar-refractivity contribution in [3.8, 4) is 6.07 Å². The zero-order chi connectivity index (χ0) is 11.4. The summed E-state index contributed by atoms with van der Waals surface area (Å²) in [5.74, 6) is 0. The first-order valence-electron chi connectivity index (χ1n) is 4.43. The molecule has 0 saturated carbocycles. The van der Waals surface area contributed by atoms with Crippen LogP contribution in [0.3, 0.4) is 0 Å². The van der Waals surface area contributed by atoms with Gasteiger partial charge in [-0.2, -0.15) is 22.7 Å². The van der Waals surface area contributed by atoms with Crippen molar-refractivity contribution in [1.82, 2.24) is 9.03 Å². The fraction of sp³-hybridized carbons (Fsp3) is 0.875. The van der Waals surface area contributed by atoms with Crippen LogP contribution in [-0.4, -0.2) is 31.9 Å². The molecule has 0 spiro atoms. The summed E-state index contributed by atoms with van der Waals surface area (Å²) in [5, 5.41) is 8.44. The van der Waals surface area contributed by atoms with Crippen molar-refractivity contribution in [2.24, 2.45) is 0 Å². The maximum absolute atomic E-state index is 11.6. The first kappa shape index (κ1) is 13.4. The Morgan fingerprint density at radius 3 is 2.29 bits per heavy atom. The Bertz CT molecular complexity index is 305. The molecule has 0 amide bonds. The van der Waals surface area contributed by atoms with Gasteiger partial charge in [-0.25, -0.2) is 0 Å². The Balaban J connectivity index is 4.52. The van der Waals surface area contributed by atoms with Gasteiger partial charge >= 0.3 is 0 Å². The molecular weight excluding hydrogens is 202 g/mol. The summed E-state index contributed by atoms with van der Waals surface area (Å²) in [6, 6.07) is 1.49. The molecule has 0 radical (unpaired) electrons. The second kappa shape index (κ2) is 5.29. The fourth-order valence-electron chi connectivity index (χ4n) is 0.879. The van der Waals surface area contributed by atoms with Crippen molar-refractivity contribution in [3.63, 3.8) is 0 Å². The fourth-order valence-corrected chi connectivity index (χ4v) is 2.19. The molecule has 0 heterocycles. The zero-order valence-corrected chi connectivity index (χ0v) is 9.80. The molecule has 0 aromatic carbocycles. The number of nitrogens with one attached hydrogen (secondary N) is 1. The van der Waals surface area contributed by atoms with Gasteiger partial charge in [-0.3, -0.25) is 0 Å². The van der Waals surface area contributed by atoms with E-state index in [0.29, 0.717) is 0 Å². The minimum absolute atomic E-state index is 0.142. The van der Waals surface area contributed by atoms with Gasteiger partial charge in [0.15, 0.2) is 0 Å². The number of hydrogen-bond donors (Lipinski definition) is 1. The average Bonchev–Trinajstić information content (AvgIpc) is 2.01. The number of rotatable bonds is 5. The van der Waals surface area contributed by atoms with Crippen molar-refractivity contribution in [1.29, 1.82) is 5.26 Å². The van der Waals surface area contributed by atoms with E-state index in [1.807, 2.05) is 6.07 Å². The third kappa shape index (κ3) is 4.05. The third-order valence-electron chi connectivity index (χ3n) is 1.77. The molecule has 0 bridgehead atoms. The van der Waals surface area contributed by atoms with Crippen LogP contribution in [0.2, 0.25) is 0 Å². The molecule has 0 rings (SSSR count). The van der Waals surface area contributed by atoms with Crippen LogP contribution in [0.15, 0.2) is 0 Å². The molecule has 0 fully saturated rings. The van der Waals surface area contributed by atoms with Crippen molar-refractivity contribution in [2.45, 2.75) is 39.3 Å². The normalized spacial score (nSPS) is 14.4. The van der Waals surface area contributed by atoms with Gasteiger partial charge in [0, 0.05) is 19.1 Å². The summed E-state index contributed by atoms with van der Waals surface area (Å²) in [7, 11) is -1.98. The molecule has 0 aromatic heterocycles. The molecule has 0 aromatic rings. The highest BCUT2D eigenvalue weighted by Crippen LogP contribution is 2.05. The smallest absolute Gasteiger partial charge is 0.200 e. The minimum atomic E-state index is -3.45. The molecule has 14 heavy (non-hydrogen) atoms. The zero-order valence-electron chi connectivity index (χ0n) is 8.98. The standard InChI is InChI=1S/C8H17N3O2S/c1-7(2)10-14(12,13)11(4)8(3)5-6-9/h7-8,10H,5H2,1-4H3. The van der Waals surface area contributed by atoms with Gasteiger partial charge in [0.2, 0.25) is 0 Å². The van der Waals surface area contributed by atoms with Gasteiger partial charge in [-0.05, 0) is 20.8 Å². The highest BCUT2D eigenvalue weighted by atomic mass is 32.2. The van der Waals surface area contributed by atoms with E-state index in [1.165, 1.54) is 11.4 Å². The first-order valence-corrected chi connectivity index (χ1v) is 5.87. The molecule has 82 valence electrons. The van der Waals surface area contributed by atoms with Crippen LogP contribution in [0.1, 0.15) is 27.2 Å². The molecular formula is C8H17N3O2S. The summed E-state index contributed by atoms with van der Waals surface area (Å²) in [6.45, 7) is 5.20. The lowest BCUT2D eigenvalue weighted by Crippen LogP contribution is -2.45. The predicted octanol–water partition coefficient (Wildman–Crippen LogP) is 0.463. The van der Waals surface area contributed by atoms with Crippen LogP contribution in [0.5, 0.6) is 0 Å².